The molecule has 1 aliphatic rings. The number of rotatable bonds is 3. The molecule has 86 valence electrons. The van der Waals surface area contributed by atoms with Gasteiger partial charge in [-0.1, -0.05) is 19.3 Å². The Bertz CT molecular complexity index is 123. The van der Waals surface area contributed by atoms with Gasteiger partial charge in [-0.2, -0.15) is 0 Å². The van der Waals surface area contributed by atoms with Gasteiger partial charge in [-0.15, -0.1) is 0 Å². The van der Waals surface area contributed by atoms with Gasteiger partial charge in [-0.25, -0.2) is 0 Å². The Morgan fingerprint density at radius 1 is 1.07 bits per heavy atom. The van der Waals surface area contributed by atoms with Crippen LogP contribution in [0, 0.1) is 5.92 Å². The van der Waals surface area contributed by atoms with E-state index in [0.29, 0.717) is 0 Å². The van der Waals surface area contributed by atoms with Crippen LogP contribution in [0.5, 0.6) is 0 Å². The number of hydrogen-bond acceptors (Lipinski definition) is 4. The second-order valence-corrected chi connectivity index (χ2v) is 3.64. The lowest BCUT2D eigenvalue weighted by Crippen LogP contribution is -2.36. The zero-order chi connectivity index (χ0) is 11.0. The van der Waals surface area contributed by atoms with Gasteiger partial charge in [0.05, 0.1) is 12.7 Å². The third-order valence-electron chi connectivity index (χ3n) is 2.71. The van der Waals surface area contributed by atoms with Crippen molar-refractivity contribution in [3.63, 3.8) is 0 Å². The zero-order valence-electron chi connectivity index (χ0n) is 8.76. The van der Waals surface area contributed by atoms with Crippen molar-refractivity contribution in [3.05, 3.63) is 0 Å². The second-order valence-electron chi connectivity index (χ2n) is 3.64. The van der Waals surface area contributed by atoms with Gasteiger partial charge in [0.2, 0.25) is 0 Å². The minimum atomic E-state index is -0.951. The van der Waals surface area contributed by atoms with Crippen LogP contribution in [-0.2, 0) is 0 Å². The summed E-state index contributed by atoms with van der Waals surface area (Å²) in [6, 6.07) is 0. The molecule has 0 aromatic rings. The molecule has 4 heteroatoms. The Morgan fingerprint density at radius 2 is 1.57 bits per heavy atom. The quantitative estimate of drug-likeness (QED) is 0.519. The number of hydrogen-bond donors (Lipinski definition) is 4. The Hall–Kier alpha value is -0.160. The van der Waals surface area contributed by atoms with E-state index < -0.39 is 12.2 Å². The van der Waals surface area contributed by atoms with Crippen molar-refractivity contribution < 1.29 is 20.4 Å². The van der Waals surface area contributed by atoms with E-state index in [1.54, 1.807) is 0 Å². The maximum atomic E-state index is 9.53. The van der Waals surface area contributed by atoms with Crippen molar-refractivity contribution in [3.8, 4) is 0 Å². The van der Waals surface area contributed by atoms with Crippen molar-refractivity contribution >= 4 is 0 Å². The van der Waals surface area contributed by atoms with E-state index in [-0.39, 0.29) is 12.5 Å². The maximum Gasteiger partial charge on any atom is 0.103 e. The third-order valence-corrected chi connectivity index (χ3v) is 2.71. The van der Waals surface area contributed by atoms with Crippen LogP contribution >= 0.6 is 0 Å². The van der Waals surface area contributed by atoms with Gasteiger partial charge in [-0.3, -0.25) is 0 Å². The van der Waals surface area contributed by atoms with Gasteiger partial charge < -0.3 is 20.4 Å². The lowest BCUT2D eigenvalue weighted by atomic mass is 9.83. The van der Waals surface area contributed by atoms with E-state index >= 15 is 0 Å². The van der Waals surface area contributed by atoms with Crippen molar-refractivity contribution in [2.45, 2.75) is 44.3 Å². The Morgan fingerprint density at radius 3 is 2.00 bits per heavy atom. The van der Waals surface area contributed by atoms with Crippen molar-refractivity contribution in [1.82, 2.24) is 0 Å². The first-order valence-corrected chi connectivity index (χ1v) is 5.17. The Labute approximate surface area is 85.2 Å². The van der Waals surface area contributed by atoms with E-state index in [1.807, 2.05) is 0 Å². The van der Waals surface area contributed by atoms with E-state index in [0.717, 1.165) is 32.8 Å². The minimum Gasteiger partial charge on any atom is -0.400 e. The summed E-state index contributed by atoms with van der Waals surface area (Å²) in [5, 5.41) is 34.3. The smallest absolute Gasteiger partial charge is 0.103 e. The van der Waals surface area contributed by atoms with Crippen LogP contribution in [0.25, 0.3) is 0 Å². The number of aliphatic hydroxyl groups excluding tert-OH is 4. The fraction of sp³-hybridized carbons (Fsp3) is 1.00. The molecule has 0 aromatic heterocycles. The molecule has 1 fully saturated rings. The molecule has 0 bridgehead atoms. The first kappa shape index (κ1) is 13.8. The van der Waals surface area contributed by atoms with E-state index in [2.05, 4.69) is 0 Å². The summed E-state index contributed by atoms with van der Waals surface area (Å²) in [5.41, 5.74) is 0. The Kier molecular flexibility index (Phi) is 8.08. The van der Waals surface area contributed by atoms with Gasteiger partial charge in [-0.05, 0) is 18.8 Å². The van der Waals surface area contributed by atoms with Crippen LogP contribution in [0.3, 0.4) is 0 Å². The van der Waals surface area contributed by atoms with E-state index in [9.17, 15) is 10.2 Å². The fourth-order valence-corrected chi connectivity index (χ4v) is 1.90. The molecule has 0 saturated heterocycles. The van der Waals surface area contributed by atoms with Gasteiger partial charge in [0, 0.05) is 7.11 Å². The van der Waals surface area contributed by atoms with Gasteiger partial charge >= 0.3 is 0 Å². The van der Waals surface area contributed by atoms with E-state index in [1.165, 1.54) is 6.42 Å². The maximum absolute atomic E-state index is 9.53. The van der Waals surface area contributed by atoms with Crippen molar-refractivity contribution in [2.24, 2.45) is 5.92 Å². The summed E-state index contributed by atoms with van der Waals surface area (Å²) < 4.78 is 0. The normalized spacial score (nSPS) is 22.1. The van der Waals surface area contributed by atoms with Crippen LogP contribution in [0.2, 0.25) is 0 Å². The molecule has 0 heterocycles. The first-order chi connectivity index (χ1) is 6.75. The largest absolute Gasteiger partial charge is 0.400 e. The monoisotopic (exact) mass is 206 g/mol. The first-order valence-electron chi connectivity index (χ1n) is 5.17. The molecule has 4 N–H and O–H groups in total. The third kappa shape index (κ3) is 4.37. The highest BCUT2D eigenvalue weighted by atomic mass is 16.4. The van der Waals surface area contributed by atoms with Crippen LogP contribution in [0.15, 0.2) is 0 Å². The highest BCUT2D eigenvalue weighted by Gasteiger charge is 2.26. The number of aliphatic hydroxyl groups is 4. The average Bonchev–Trinajstić information content (AvgIpc) is 2.31. The zero-order valence-corrected chi connectivity index (χ0v) is 8.76. The molecule has 2 unspecified atom stereocenters. The van der Waals surface area contributed by atoms with Crippen molar-refractivity contribution in [1.29, 1.82) is 0 Å². The lowest BCUT2D eigenvalue weighted by Gasteiger charge is -2.28. The summed E-state index contributed by atoms with van der Waals surface area (Å²) in [4.78, 5) is 0. The average molecular weight is 206 g/mol. The fourth-order valence-electron chi connectivity index (χ4n) is 1.90. The SMILES string of the molecule is CO.OCC(O)C(O)C1CCCCC1. The molecule has 0 spiro atoms. The van der Waals surface area contributed by atoms with Gasteiger partial charge in [0.15, 0.2) is 0 Å². The summed E-state index contributed by atoms with van der Waals surface area (Å²) >= 11 is 0. The molecule has 0 aromatic carbocycles. The summed E-state index contributed by atoms with van der Waals surface area (Å²) in [5.74, 6) is 0.195. The summed E-state index contributed by atoms with van der Waals surface area (Å²) in [6.45, 7) is -0.336. The molecule has 2 atom stereocenters. The minimum absolute atomic E-state index is 0.195. The van der Waals surface area contributed by atoms with Crippen LogP contribution < -0.4 is 0 Å². The molecule has 0 amide bonds. The lowest BCUT2D eigenvalue weighted by molar-refractivity contribution is -0.0505. The molecule has 0 aliphatic heterocycles. The van der Waals surface area contributed by atoms with Crippen LogP contribution in [0.1, 0.15) is 32.1 Å². The van der Waals surface area contributed by atoms with Gasteiger partial charge in [0.25, 0.3) is 0 Å². The topological polar surface area (TPSA) is 80.9 Å². The predicted octanol–water partition coefficient (Wildman–Crippen LogP) is -0.111. The van der Waals surface area contributed by atoms with Crippen LogP contribution in [-0.4, -0.2) is 46.4 Å². The summed E-state index contributed by atoms with van der Waals surface area (Å²) in [7, 11) is 1.00. The molecule has 14 heavy (non-hydrogen) atoms. The van der Waals surface area contributed by atoms with Crippen LogP contribution in [0.4, 0.5) is 0 Å². The molecular formula is C10H22O4. The van der Waals surface area contributed by atoms with E-state index in [4.69, 9.17) is 10.2 Å². The highest BCUT2D eigenvalue weighted by molar-refractivity contribution is 4.77. The molecule has 1 rings (SSSR count). The summed E-state index contributed by atoms with van der Waals surface area (Å²) in [6.07, 6.45) is 3.80. The standard InChI is InChI=1S/C9H18O3.CH4O/c10-6-8(11)9(12)7-4-2-1-3-5-7;1-2/h7-12H,1-6H2;2H,1H3. The predicted molar refractivity (Wildman–Crippen MR) is 53.8 cm³/mol. The second kappa shape index (κ2) is 8.17. The molecule has 1 aliphatic carbocycles. The van der Waals surface area contributed by atoms with Gasteiger partial charge in [0.1, 0.15) is 6.10 Å². The molecule has 1 saturated carbocycles. The van der Waals surface area contributed by atoms with Crippen molar-refractivity contribution in [2.75, 3.05) is 13.7 Å². The Balaban J connectivity index is 0.000000791. The molecule has 0 radical (unpaired) electrons. The molecular weight excluding hydrogens is 184 g/mol. The molecule has 4 nitrogen and oxygen atoms in total. The highest BCUT2D eigenvalue weighted by Crippen LogP contribution is 2.27.